The van der Waals surface area contributed by atoms with Gasteiger partial charge in [-0.25, -0.2) is 0 Å². The van der Waals surface area contributed by atoms with E-state index in [1.807, 2.05) is 61.5 Å². The molecule has 3 aliphatic rings. The molecule has 0 unspecified atom stereocenters. The SMILES string of the molecule is Cc1ccc(NC(=O)[C@H](Cc2ccccc2)N2C(=O)[C@H]3[C@@H]4CC[C@@H](C4)[C@@H]3C2=O)cc1. The van der Waals surface area contributed by atoms with Crippen molar-refractivity contribution in [2.24, 2.45) is 23.7 Å². The summed E-state index contributed by atoms with van der Waals surface area (Å²) in [5.41, 5.74) is 2.70. The van der Waals surface area contributed by atoms with Crippen LogP contribution in [0.3, 0.4) is 0 Å². The summed E-state index contributed by atoms with van der Waals surface area (Å²) in [5.74, 6) is -0.424. The number of aryl methyl sites for hydroxylation is 1. The predicted molar refractivity (Wildman–Crippen MR) is 113 cm³/mol. The molecule has 2 aromatic carbocycles. The second kappa shape index (κ2) is 7.38. The van der Waals surface area contributed by atoms with Crippen LogP contribution in [-0.4, -0.2) is 28.7 Å². The van der Waals surface area contributed by atoms with E-state index in [2.05, 4.69) is 5.32 Å². The van der Waals surface area contributed by atoms with Crippen molar-refractivity contribution >= 4 is 23.4 Å². The summed E-state index contributed by atoms with van der Waals surface area (Å²) in [7, 11) is 0. The van der Waals surface area contributed by atoms with Crippen molar-refractivity contribution in [1.82, 2.24) is 4.90 Å². The number of fused-ring (bicyclic) bond motifs is 5. The van der Waals surface area contributed by atoms with Gasteiger partial charge in [-0.3, -0.25) is 19.3 Å². The van der Waals surface area contributed by atoms with Crippen molar-refractivity contribution in [3.8, 4) is 0 Å². The molecule has 2 aromatic rings. The Morgan fingerprint density at radius 2 is 1.57 bits per heavy atom. The number of hydrogen-bond acceptors (Lipinski definition) is 3. The highest BCUT2D eigenvalue weighted by Gasteiger charge is 2.62. The molecule has 0 radical (unpaired) electrons. The first kappa shape index (κ1) is 19.0. The van der Waals surface area contributed by atoms with E-state index in [9.17, 15) is 14.4 Å². The number of nitrogens with one attached hydrogen (secondary N) is 1. The van der Waals surface area contributed by atoms with Gasteiger partial charge in [0.2, 0.25) is 17.7 Å². The number of hydrogen-bond donors (Lipinski definition) is 1. The molecule has 5 rings (SSSR count). The molecule has 2 saturated carbocycles. The number of amides is 3. The first-order valence-corrected chi connectivity index (χ1v) is 10.8. The van der Waals surface area contributed by atoms with E-state index in [1.54, 1.807) is 0 Å². The summed E-state index contributed by atoms with van der Waals surface area (Å²) in [6.07, 6.45) is 3.36. The summed E-state index contributed by atoms with van der Waals surface area (Å²) in [4.78, 5) is 41.3. The number of nitrogens with zero attached hydrogens (tertiary/aromatic N) is 1. The molecule has 2 bridgehead atoms. The van der Waals surface area contributed by atoms with Crippen LogP contribution in [0.5, 0.6) is 0 Å². The van der Waals surface area contributed by atoms with E-state index in [4.69, 9.17) is 0 Å². The summed E-state index contributed by atoms with van der Waals surface area (Å²) in [6, 6.07) is 16.3. The fraction of sp³-hybridized carbons (Fsp3) is 0.400. The van der Waals surface area contributed by atoms with E-state index < -0.39 is 6.04 Å². The third-order valence-electron chi connectivity index (χ3n) is 7.17. The molecule has 5 heteroatoms. The van der Waals surface area contributed by atoms with Gasteiger partial charge < -0.3 is 5.32 Å². The molecule has 1 aliphatic heterocycles. The maximum Gasteiger partial charge on any atom is 0.248 e. The Morgan fingerprint density at radius 1 is 0.967 bits per heavy atom. The molecular weight excluding hydrogens is 376 g/mol. The largest absolute Gasteiger partial charge is 0.324 e. The summed E-state index contributed by atoms with van der Waals surface area (Å²) >= 11 is 0. The van der Waals surface area contributed by atoms with Crippen LogP contribution in [0.4, 0.5) is 5.69 Å². The van der Waals surface area contributed by atoms with Crippen molar-refractivity contribution in [2.45, 2.75) is 38.6 Å². The van der Waals surface area contributed by atoms with Gasteiger partial charge in [-0.15, -0.1) is 0 Å². The maximum atomic E-state index is 13.3. The second-order valence-electron chi connectivity index (χ2n) is 8.99. The number of likely N-dealkylation sites (tertiary alicyclic amines) is 1. The van der Waals surface area contributed by atoms with Crippen molar-refractivity contribution in [1.29, 1.82) is 0 Å². The van der Waals surface area contributed by atoms with Crippen LogP contribution in [-0.2, 0) is 20.8 Å². The molecule has 1 heterocycles. The Hall–Kier alpha value is -2.95. The number of carbonyl (C=O) groups excluding carboxylic acids is 3. The minimum absolute atomic E-state index is 0.141. The van der Waals surface area contributed by atoms with Gasteiger partial charge >= 0.3 is 0 Å². The first-order chi connectivity index (χ1) is 14.5. The lowest BCUT2D eigenvalue weighted by Crippen LogP contribution is -2.49. The minimum atomic E-state index is -0.835. The molecule has 0 aromatic heterocycles. The van der Waals surface area contributed by atoms with Crippen LogP contribution >= 0.6 is 0 Å². The van der Waals surface area contributed by atoms with Gasteiger partial charge in [-0.05, 0) is 55.7 Å². The Kier molecular flexibility index (Phi) is 4.69. The number of imide groups is 1. The molecule has 5 atom stereocenters. The Labute approximate surface area is 176 Å². The Balaban J connectivity index is 1.45. The minimum Gasteiger partial charge on any atom is -0.324 e. The molecule has 2 aliphatic carbocycles. The van der Waals surface area contributed by atoms with Gasteiger partial charge in [0, 0.05) is 12.1 Å². The fourth-order valence-electron chi connectivity index (χ4n) is 5.74. The molecule has 3 fully saturated rings. The zero-order chi connectivity index (χ0) is 20.8. The van der Waals surface area contributed by atoms with Crippen molar-refractivity contribution < 1.29 is 14.4 Å². The quantitative estimate of drug-likeness (QED) is 0.778. The number of rotatable bonds is 5. The second-order valence-corrected chi connectivity index (χ2v) is 8.99. The van der Waals surface area contributed by atoms with E-state index in [-0.39, 0.29) is 29.6 Å². The lowest BCUT2D eigenvalue weighted by Gasteiger charge is -2.27. The average Bonchev–Trinajstić information content (AvgIpc) is 3.43. The molecule has 3 amide bonds. The highest BCUT2D eigenvalue weighted by Crippen LogP contribution is 2.56. The third kappa shape index (κ3) is 3.13. The van der Waals surface area contributed by atoms with Crippen LogP contribution < -0.4 is 5.32 Å². The topological polar surface area (TPSA) is 66.5 Å². The van der Waals surface area contributed by atoms with Gasteiger partial charge in [-0.2, -0.15) is 0 Å². The normalized spacial score (nSPS) is 28.0. The van der Waals surface area contributed by atoms with Gasteiger partial charge in [0.15, 0.2) is 0 Å². The molecular formula is C25H26N2O3. The number of benzene rings is 2. The van der Waals surface area contributed by atoms with Gasteiger partial charge in [0.05, 0.1) is 11.8 Å². The summed E-state index contributed by atoms with van der Waals surface area (Å²) in [5, 5.41) is 2.93. The summed E-state index contributed by atoms with van der Waals surface area (Å²) < 4.78 is 0. The molecule has 5 nitrogen and oxygen atoms in total. The highest BCUT2D eigenvalue weighted by molar-refractivity contribution is 6.10. The monoisotopic (exact) mass is 402 g/mol. The molecule has 1 saturated heterocycles. The first-order valence-electron chi connectivity index (χ1n) is 10.8. The van der Waals surface area contributed by atoms with E-state index in [1.165, 1.54) is 4.90 Å². The lowest BCUT2D eigenvalue weighted by molar-refractivity contribution is -0.147. The van der Waals surface area contributed by atoms with Crippen LogP contribution in [0.2, 0.25) is 0 Å². The standard InChI is InChI=1S/C25H26N2O3/c1-15-7-11-19(12-8-15)26-23(28)20(13-16-5-3-2-4-6-16)27-24(29)21-17-9-10-18(14-17)22(21)25(27)30/h2-8,11-12,17-18,20-22H,9-10,13-14H2,1H3,(H,26,28)/t17-,18+,20-,21-,22-/m0/s1. The maximum absolute atomic E-state index is 13.3. The fourth-order valence-corrected chi connectivity index (χ4v) is 5.74. The highest BCUT2D eigenvalue weighted by atomic mass is 16.2. The average molecular weight is 402 g/mol. The zero-order valence-electron chi connectivity index (χ0n) is 17.1. The Bertz CT molecular complexity index is 957. The molecule has 1 N–H and O–H groups in total. The van der Waals surface area contributed by atoms with E-state index in [0.29, 0.717) is 23.9 Å². The van der Waals surface area contributed by atoms with Crippen LogP contribution in [0.1, 0.15) is 30.4 Å². The van der Waals surface area contributed by atoms with Gasteiger partial charge in [-0.1, -0.05) is 48.0 Å². The summed E-state index contributed by atoms with van der Waals surface area (Å²) in [6.45, 7) is 1.98. The van der Waals surface area contributed by atoms with Crippen molar-refractivity contribution in [3.63, 3.8) is 0 Å². The smallest absolute Gasteiger partial charge is 0.248 e. The zero-order valence-corrected chi connectivity index (χ0v) is 17.1. The van der Waals surface area contributed by atoms with Crippen molar-refractivity contribution in [2.75, 3.05) is 5.32 Å². The molecule has 154 valence electrons. The van der Waals surface area contributed by atoms with Gasteiger partial charge in [0.25, 0.3) is 0 Å². The van der Waals surface area contributed by atoms with E-state index in [0.717, 1.165) is 30.4 Å². The predicted octanol–water partition coefficient (Wildman–Crippen LogP) is 3.58. The molecule has 0 spiro atoms. The lowest BCUT2D eigenvalue weighted by atomic mass is 9.81. The van der Waals surface area contributed by atoms with Crippen molar-refractivity contribution in [3.05, 3.63) is 65.7 Å². The van der Waals surface area contributed by atoms with Crippen LogP contribution in [0.15, 0.2) is 54.6 Å². The van der Waals surface area contributed by atoms with Crippen LogP contribution in [0.25, 0.3) is 0 Å². The van der Waals surface area contributed by atoms with Crippen LogP contribution in [0, 0.1) is 30.6 Å². The number of carbonyl (C=O) groups is 3. The van der Waals surface area contributed by atoms with E-state index >= 15 is 0 Å². The third-order valence-corrected chi connectivity index (χ3v) is 7.17. The van der Waals surface area contributed by atoms with Gasteiger partial charge in [0.1, 0.15) is 6.04 Å². The molecule has 30 heavy (non-hydrogen) atoms. The Morgan fingerprint density at radius 3 is 2.17 bits per heavy atom. The number of anilines is 1.